The summed E-state index contributed by atoms with van der Waals surface area (Å²) in [5.41, 5.74) is 2.13. The summed E-state index contributed by atoms with van der Waals surface area (Å²) in [5.74, 6) is -2.81. The third kappa shape index (κ3) is 16.0. The van der Waals surface area contributed by atoms with E-state index in [1.807, 2.05) is 119 Å². The normalized spacial score (nSPS) is 17.9. The predicted octanol–water partition coefficient (Wildman–Crippen LogP) is 5.81. The summed E-state index contributed by atoms with van der Waals surface area (Å²) in [5, 5.41) is 15.4. The number of ether oxygens (including phenoxy) is 3. The van der Waals surface area contributed by atoms with Crippen molar-refractivity contribution in [3.63, 3.8) is 0 Å². The maximum Gasteiger partial charge on any atom is 0.303 e. The molecule has 0 radical (unpaired) electrons. The van der Waals surface area contributed by atoms with E-state index in [4.69, 9.17) is 19.3 Å². The molecule has 3 rings (SSSR count). The quantitative estimate of drug-likeness (QED) is 0.0949. The Hall–Kier alpha value is -4.37. The number of benzene rings is 2. The zero-order valence-corrected chi connectivity index (χ0v) is 40.5. The van der Waals surface area contributed by atoms with E-state index in [0.717, 1.165) is 17.5 Å². The molecule has 3 N–H and O–H groups in total. The zero-order chi connectivity index (χ0) is 47.5. The van der Waals surface area contributed by atoms with Crippen LogP contribution in [0.2, 0.25) is 0 Å². The summed E-state index contributed by atoms with van der Waals surface area (Å²) in [6.45, 7) is 15.2. The number of carboxylic acids is 1. The Bertz CT molecular complexity index is 1730. The highest BCUT2D eigenvalue weighted by molar-refractivity contribution is 5.90. The molecule has 0 saturated carbocycles. The summed E-state index contributed by atoms with van der Waals surface area (Å²) in [6.07, 6.45) is 1.87. The van der Waals surface area contributed by atoms with E-state index in [-0.39, 0.29) is 66.3 Å². The van der Waals surface area contributed by atoms with Gasteiger partial charge in [0, 0.05) is 34.2 Å². The Morgan fingerprint density at radius 2 is 1.47 bits per heavy atom. The third-order valence-electron chi connectivity index (χ3n) is 12.9. The molecule has 0 unspecified atom stereocenters. The van der Waals surface area contributed by atoms with Crippen molar-refractivity contribution in [1.82, 2.24) is 25.3 Å². The van der Waals surface area contributed by atoms with E-state index < -0.39 is 42.2 Å². The minimum absolute atomic E-state index is 0.00113. The summed E-state index contributed by atoms with van der Waals surface area (Å²) in [7, 11) is 6.66. The third-order valence-corrected chi connectivity index (χ3v) is 12.9. The standard InChI is InChI=1S/C50H79N5O9/c1-12-35(6)46(54(9)50(61)44(33(2)3)52-49(60)45(34(4)5)53(8)27-20-26-43(57)58)41(62-10)30-42(56)55-28-19-25-40(55)47(63-11)36(7)48(59)51-39(29-37-21-15-13-16-22-37)32-64-31-38-23-17-14-18-24-38/h13-18,21-24,33-36,39-41,44-47H,12,19-20,25-32H2,1-11H3,(H,51,59)(H,52,60)(H,57,58)/t35-,36+,39-,40-,41+,44-,45-,46-,47+/m0/s1. The second kappa shape index (κ2) is 27.2. The smallest absolute Gasteiger partial charge is 0.303 e. The van der Waals surface area contributed by atoms with Gasteiger partial charge in [-0.15, -0.1) is 0 Å². The Labute approximate surface area is 383 Å². The minimum atomic E-state index is -0.890. The molecular formula is C50H79N5O9. The molecule has 1 saturated heterocycles. The summed E-state index contributed by atoms with van der Waals surface area (Å²) in [4.78, 5) is 73.3. The number of methoxy groups -OCH3 is 2. The Balaban J connectivity index is 1.76. The summed E-state index contributed by atoms with van der Waals surface area (Å²) in [6, 6.07) is 17.3. The molecule has 2 aromatic carbocycles. The molecular weight excluding hydrogens is 815 g/mol. The average molecular weight is 894 g/mol. The van der Waals surface area contributed by atoms with Gasteiger partial charge in [0.1, 0.15) is 6.04 Å². The number of carbonyl (C=O) groups excluding carboxylic acids is 4. The number of carbonyl (C=O) groups is 5. The lowest BCUT2D eigenvalue weighted by molar-refractivity contribution is -0.148. The fourth-order valence-electron chi connectivity index (χ4n) is 9.18. The second-order valence-electron chi connectivity index (χ2n) is 18.4. The zero-order valence-electron chi connectivity index (χ0n) is 40.5. The van der Waals surface area contributed by atoms with Crippen LogP contribution in [0.25, 0.3) is 0 Å². The van der Waals surface area contributed by atoms with E-state index in [0.29, 0.717) is 52.0 Å². The molecule has 0 aliphatic carbocycles. The van der Waals surface area contributed by atoms with E-state index >= 15 is 0 Å². The number of carboxylic acid groups (broad SMARTS) is 1. The molecule has 14 heteroatoms. The van der Waals surface area contributed by atoms with E-state index in [9.17, 15) is 24.0 Å². The van der Waals surface area contributed by atoms with Gasteiger partial charge in [0.25, 0.3) is 0 Å². The first-order valence-corrected chi connectivity index (χ1v) is 23.2. The predicted molar refractivity (Wildman–Crippen MR) is 249 cm³/mol. The second-order valence-corrected chi connectivity index (χ2v) is 18.4. The van der Waals surface area contributed by atoms with Gasteiger partial charge in [0.15, 0.2) is 0 Å². The van der Waals surface area contributed by atoms with Crippen molar-refractivity contribution in [2.24, 2.45) is 23.7 Å². The maximum absolute atomic E-state index is 14.5. The largest absolute Gasteiger partial charge is 0.481 e. The molecule has 14 nitrogen and oxygen atoms in total. The first-order valence-electron chi connectivity index (χ1n) is 23.2. The molecule has 0 bridgehead atoms. The van der Waals surface area contributed by atoms with Gasteiger partial charge in [-0.2, -0.15) is 0 Å². The van der Waals surface area contributed by atoms with Crippen molar-refractivity contribution >= 4 is 29.6 Å². The van der Waals surface area contributed by atoms with Crippen molar-refractivity contribution in [1.29, 1.82) is 0 Å². The van der Waals surface area contributed by atoms with Gasteiger partial charge in [-0.3, -0.25) is 28.9 Å². The van der Waals surface area contributed by atoms with Crippen LogP contribution in [0.5, 0.6) is 0 Å². The number of aliphatic carboxylic acids is 1. The van der Waals surface area contributed by atoms with Crippen molar-refractivity contribution in [3.8, 4) is 0 Å². The fourth-order valence-corrected chi connectivity index (χ4v) is 9.18. The molecule has 1 heterocycles. The van der Waals surface area contributed by atoms with Crippen molar-refractivity contribution < 1.29 is 43.3 Å². The van der Waals surface area contributed by atoms with Gasteiger partial charge in [0.05, 0.1) is 61.9 Å². The van der Waals surface area contributed by atoms with Crippen LogP contribution in [-0.4, -0.2) is 140 Å². The number of likely N-dealkylation sites (N-methyl/N-ethyl adjacent to an activating group) is 2. The molecule has 1 aliphatic heterocycles. The first kappa shape index (κ1) is 54.0. The van der Waals surface area contributed by atoms with Gasteiger partial charge >= 0.3 is 5.97 Å². The van der Waals surface area contributed by atoms with E-state index in [2.05, 4.69) is 10.6 Å². The molecule has 0 aromatic heterocycles. The van der Waals surface area contributed by atoms with Crippen molar-refractivity contribution in [3.05, 3.63) is 71.8 Å². The molecule has 0 spiro atoms. The molecule has 1 aliphatic rings. The average Bonchev–Trinajstić information content (AvgIpc) is 3.75. The van der Waals surface area contributed by atoms with Crippen LogP contribution >= 0.6 is 0 Å². The molecule has 358 valence electrons. The molecule has 1 fully saturated rings. The fraction of sp³-hybridized carbons (Fsp3) is 0.660. The van der Waals surface area contributed by atoms with Gasteiger partial charge in [0.2, 0.25) is 23.6 Å². The molecule has 2 aromatic rings. The number of rotatable bonds is 28. The highest BCUT2D eigenvalue weighted by Crippen LogP contribution is 2.30. The topological polar surface area (TPSA) is 167 Å². The number of nitrogens with zero attached hydrogens (tertiary/aromatic N) is 3. The van der Waals surface area contributed by atoms with Crippen LogP contribution in [0.4, 0.5) is 0 Å². The molecule has 9 atom stereocenters. The number of nitrogens with one attached hydrogen (secondary N) is 2. The monoisotopic (exact) mass is 894 g/mol. The summed E-state index contributed by atoms with van der Waals surface area (Å²) < 4.78 is 18.3. The van der Waals surface area contributed by atoms with Gasteiger partial charge in [-0.1, -0.05) is 116 Å². The van der Waals surface area contributed by atoms with Crippen LogP contribution in [0.3, 0.4) is 0 Å². The Kier molecular flexibility index (Phi) is 22.9. The summed E-state index contributed by atoms with van der Waals surface area (Å²) >= 11 is 0. The lowest BCUT2D eigenvalue weighted by Crippen LogP contribution is -2.60. The number of likely N-dealkylation sites (tertiary alicyclic amines) is 1. The van der Waals surface area contributed by atoms with Crippen LogP contribution < -0.4 is 10.6 Å². The van der Waals surface area contributed by atoms with E-state index in [1.54, 1.807) is 33.2 Å². The maximum atomic E-state index is 14.5. The Morgan fingerprint density at radius 3 is 2.02 bits per heavy atom. The SMILES string of the molecule is CC[C@H](C)[C@@H]([C@@H](CC(=O)N1CCC[C@H]1[C@H](OC)[C@@H](C)C(=O)N[C@H](COCc1ccccc1)Cc1ccccc1)OC)N(C)C(=O)[C@@H](NC(=O)[C@H](C(C)C)N(C)CCCC(=O)O)C(C)C. The van der Waals surface area contributed by atoms with Crippen LogP contribution in [0.15, 0.2) is 60.7 Å². The van der Waals surface area contributed by atoms with Crippen LogP contribution in [0, 0.1) is 23.7 Å². The lowest BCUT2D eigenvalue weighted by Gasteiger charge is -2.41. The first-order chi connectivity index (χ1) is 30.4. The highest BCUT2D eigenvalue weighted by atomic mass is 16.5. The van der Waals surface area contributed by atoms with Gasteiger partial charge in [-0.25, -0.2) is 0 Å². The number of hydrogen-bond acceptors (Lipinski definition) is 9. The van der Waals surface area contributed by atoms with Crippen LogP contribution in [0.1, 0.15) is 98.1 Å². The number of hydrogen-bond donors (Lipinski definition) is 3. The van der Waals surface area contributed by atoms with E-state index in [1.165, 1.54) is 0 Å². The lowest BCUT2D eigenvalue weighted by atomic mass is 9.89. The van der Waals surface area contributed by atoms with Crippen molar-refractivity contribution in [2.45, 2.75) is 142 Å². The molecule has 64 heavy (non-hydrogen) atoms. The van der Waals surface area contributed by atoms with Crippen molar-refractivity contribution in [2.75, 3.05) is 48.0 Å². The minimum Gasteiger partial charge on any atom is -0.481 e. The highest BCUT2D eigenvalue weighted by Gasteiger charge is 2.43. The Morgan fingerprint density at radius 1 is 0.844 bits per heavy atom. The van der Waals surface area contributed by atoms with Crippen LogP contribution in [-0.2, 0) is 51.2 Å². The number of amides is 4. The molecule has 4 amide bonds. The van der Waals surface area contributed by atoms with Gasteiger partial charge in [-0.05, 0) is 68.2 Å². The van der Waals surface area contributed by atoms with Gasteiger partial charge < -0.3 is 39.8 Å².